The molecule has 2 aromatic heterocycles. The van der Waals surface area contributed by atoms with Crippen LogP contribution in [-0.2, 0) is 6.42 Å². The van der Waals surface area contributed by atoms with Crippen molar-refractivity contribution < 1.29 is 9.90 Å². The molecule has 1 aliphatic rings. The summed E-state index contributed by atoms with van der Waals surface area (Å²) < 4.78 is 1.51. The number of para-hydroxylation sites is 2. The van der Waals surface area contributed by atoms with Gasteiger partial charge < -0.3 is 5.11 Å². The maximum Gasteiger partial charge on any atom is 0.337 e. The van der Waals surface area contributed by atoms with Crippen molar-refractivity contribution in [2.45, 2.75) is 25.2 Å². The van der Waals surface area contributed by atoms with E-state index in [4.69, 9.17) is 0 Å². The standard InChI is InChI=1S/C24H19N3O3/c28-23-19-8-4-5-16(22(19)26-14-27(23)18-6-2-1-3-7-18)12-21-20(24(29)30)11-17(13-25-21)15-9-10-15/h1-8,11,13-15H,9-10,12H2,(H,29,30). The highest BCUT2D eigenvalue weighted by Gasteiger charge is 2.26. The molecule has 0 bridgehead atoms. The Labute approximate surface area is 172 Å². The van der Waals surface area contributed by atoms with Crippen LogP contribution in [0.3, 0.4) is 0 Å². The highest BCUT2D eigenvalue weighted by molar-refractivity contribution is 5.89. The van der Waals surface area contributed by atoms with E-state index >= 15 is 0 Å². The summed E-state index contributed by atoms with van der Waals surface area (Å²) in [6, 6.07) is 16.5. The number of rotatable bonds is 5. The zero-order chi connectivity index (χ0) is 20.7. The summed E-state index contributed by atoms with van der Waals surface area (Å²) in [6.07, 6.45) is 5.76. The Kier molecular flexibility index (Phi) is 4.39. The van der Waals surface area contributed by atoms with Gasteiger partial charge in [0, 0.05) is 12.6 Å². The van der Waals surface area contributed by atoms with Gasteiger partial charge in [-0.15, -0.1) is 0 Å². The van der Waals surface area contributed by atoms with Gasteiger partial charge in [-0.1, -0.05) is 30.3 Å². The number of aromatic carboxylic acids is 1. The number of nitrogens with zero attached hydrogens (tertiary/aromatic N) is 3. The first-order chi connectivity index (χ1) is 14.6. The summed E-state index contributed by atoms with van der Waals surface area (Å²) >= 11 is 0. The van der Waals surface area contributed by atoms with E-state index in [1.165, 1.54) is 10.9 Å². The highest BCUT2D eigenvalue weighted by atomic mass is 16.4. The van der Waals surface area contributed by atoms with Crippen molar-refractivity contribution in [3.8, 4) is 5.69 Å². The molecule has 4 aromatic rings. The molecular formula is C24H19N3O3. The van der Waals surface area contributed by atoms with Crippen LogP contribution in [0.5, 0.6) is 0 Å². The quantitative estimate of drug-likeness (QED) is 0.551. The fourth-order valence-corrected chi connectivity index (χ4v) is 3.78. The summed E-state index contributed by atoms with van der Waals surface area (Å²) in [4.78, 5) is 33.9. The second-order valence-electron chi connectivity index (χ2n) is 7.59. The molecular weight excluding hydrogens is 378 g/mol. The molecule has 0 unspecified atom stereocenters. The summed E-state index contributed by atoms with van der Waals surface area (Å²) in [7, 11) is 0. The van der Waals surface area contributed by atoms with Crippen LogP contribution in [0.4, 0.5) is 0 Å². The number of hydrogen-bond donors (Lipinski definition) is 1. The van der Waals surface area contributed by atoms with Crippen molar-refractivity contribution in [2.24, 2.45) is 0 Å². The van der Waals surface area contributed by atoms with Gasteiger partial charge in [-0.05, 0) is 54.2 Å². The maximum atomic E-state index is 13.0. The monoisotopic (exact) mass is 397 g/mol. The zero-order valence-electron chi connectivity index (χ0n) is 16.2. The Morgan fingerprint density at radius 3 is 2.60 bits per heavy atom. The number of carboxylic acid groups (broad SMARTS) is 1. The van der Waals surface area contributed by atoms with Crippen LogP contribution < -0.4 is 5.56 Å². The van der Waals surface area contributed by atoms with Gasteiger partial charge >= 0.3 is 5.97 Å². The molecule has 6 nitrogen and oxygen atoms in total. The van der Waals surface area contributed by atoms with Crippen LogP contribution >= 0.6 is 0 Å². The van der Waals surface area contributed by atoms with Crippen LogP contribution in [0.2, 0.25) is 0 Å². The minimum absolute atomic E-state index is 0.163. The van der Waals surface area contributed by atoms with E-state index in [1.807, 2.05) is 36.4 Å². The lowest BCUT2D eigenvalue weighted by atomic mass is 10.0. The predicted octanol–water partition coefficient (Wildman–Crippen LogP) is 3.95. The number of hydrogen-bond acceptors (Lipinski definition) is 4. The fourth-order valence-electron chi connectivity index (χ4n) is 3.78. The molecule has 0 amide bonds. The van der Waals surface area contributed by atoms with Gasteiger partial charge in [0.05, 0.1) is 27.8 Å². The number of fused-ring (bicyclic) bond motifs is 1. The lowest BCUT2D eigenvalue weighted by molar-refractivity contribution is 0.0695. The molecule has 1 fully saturated rings. The van der Waals surface area contributed by atoms with Crippen molar-refractivity contribution in [2.75, 3.05) is 0 Å². The molecule has 1 aliphatic carbocycles. The number of carbonyl (C=O) groups is 1. The van der Waals surface area contributed by atoms with Gasteiger partial charge in [0.25, 0.3) is 5.56 Å². The second kappa shape index (κ2) is 7.22. The maximum absolute atomic E-state index is 13.0. The first kappa shape index (κ1) is 18.2. The minimum atomic E-state index is -0.986. The molecule has 2 aromatic carbocycles. The third kappa shape index (κ3) is 3.26. The van der Waals surface area contributed by atoms with Gasteiger partial charge in [0.1, 0.15) is 6.33 Å². The van der Waals surface area contributed by atoms with E-state index in [9.17, 15) is 14.7 Å². The molecule has 0 aliphatic heterocycles. The average Bonchev–Trinajstić information content (AvgIpc) is 3.61. The highest BCUT2D eigenvalue weighted by Crippen LogP contribution is 2.40. The molecule has 5 rings (SSSR count). The fraction of sp³-hybridized carbons (Fsp3) is 0.167. The van der Waals surface area contributed by atoms with E-state index in [1.54, 1.807) is 24.4 Å². The van der Waals surface area contributed by atoms with Crippen LogP contribution in [0, 0.1) is 0 Å². The largest absolute Gasteiger partial charge is 0.478 e. The smallest absolute Gasteiger partial charge is 0.337 e. The van der Waals surface area contributed by atoms with Gasteiger partial charge in [0.2, 0.25) is 0 Å². The summed E-state index contributed by atoms with van der Waals surface area (Å²) in [5.74, 6) is -0.556. The van der Waals surface area contributed by atoms with Crippen molar-refractivity contribution in [1.82, 2.24) is 14.5 Å². The Hall–Kier alpha value is -3.80. The zero-order valence-corrected chi connectivity index (χ0v) is 16.2. The van der Waals surface area contributed by atoms with Gasteiger partial charge in [-0.2, -0.15) is 0 Å². The third-order valence-corrected chi connectivity index (χ3v) is 5.53. The molecule has 0 saturated heterocycles. The number of aromatic nitrogens is 3. The molecule has 148 valence electrons. The van der Waals surface area contributed by atoms with Crippen LogP contribution in [0.25, 0.3) is 16.6 Å². The molecule has 30 heavy (non-hydrogen) atoms. The molecule has 0 radical (unpaired) electrons. The Balaban J connectivity index is 1.58. The predicted molar refractivity (Wildman–Crippen MR) is 113 cm³/mol. The minimum Gasteiger partial charge on any atom is -0.478 e. The Bertz CT molecular complexity index is 1320. The molecule has 6 heteroatoms. The van der Waals surface area contributed by atoms with Crippen LogP contribution in [0.15, 0.2) is 71.9 Å². The Morgan fingerprint density at radius 2 is 1.87 bits per heavy atom. The van der Waals surface area contributed by atoms with Crippen LogP contribution in [0.1, 0.15) is 45.9 Å². The third-order valence-electron chi connectivity index (χ3n) is 5.53. The van der Waals surface area contributed by atoms with E-state index in [0.717, 1.165) is 29.7 Å². The van der Waals surface area contributed by atoms with E-state index in [-0.39, 0.29) is 11.1 Å². The number of pyridine rings is 1. The SMILES string of the molecule is O=C(O)c1cc(C2CC2)cnc1Cc1cccc2c(=O)n(-c3ccccc3)cnc12. The molecule has 0 spiro atoms. The molecule has 1 N–H and O–H groups in total. The molecule has 2 heterocycles. The van der Waals surface area contributed by atoms with Crippen molar-refractivity contribution >= 4 is 16.9 Å². The van der Waals surface area contributed by atoms with Crippen molar-refractivity contribution in [3.05, 3.63) is 99.9 Å². The Morgan fingerprint density at radius 1 is 1.07 bits per heavy atom. The molecule has 0 atom stereocenters. The first-order valence-corrected chi connectivity index (χ1v) is 9.88. The summed E-state index contributed by atoms with van der Waals surface area (Å²) in [5.41, 5.74) is 3.61. The molecule has 1 saturated carbocycles. The normalized spacial score (nSPS) is 13.5. The van der Waals surface area contributed by atoms with Gasteiger partial charge in [-0.25, -0.2) is 9.78 Å². The topological polar surface area (TPSA) is 85.1 Å². The van der Waals surface area contributed by atoms with Gasteiger partial charge in [-0.3, -0.25) is 14.3 Å². The van der Waals surface area contributed by atoms with E-state index in [2.05, 4.69) is 9.97 Å². The van der Waals surface area contributed by atoms with E-state index < -0.39 is 5.97 Å². The first-order valence-electron chi connectivity index (χ1n) is 9.88. The second-order valence-corrected chi connectivity index (χ2v) is 7.59. The summed E-state index contributed by atoms with van der Waals surface area (Å²) in [6.45, 7) is 0. The van der Waals surface area contributed by atoms with E-state index in [0.29, 0.717) is 28.9 Å². The number of carboxylic acids is 1. The van der Waals surface area contributed by atoms with Crippen molar-refractivity contribution in [3.63, 3.8) is 0 Å². The number of benzene rings is 2. The summed E-state index contributed by atoms with van der Waals surface area (Å²) in [5, 5.41) is 10.2. The van der Waals surface area contributed by atoms with Crippen LogP contribution in [-0.4, -0.2) is 25.6 Å². The van der Waals surface area contributed by atoms with Gasteiger partial charge in [0.15, 0.2) is 0 Å². The van der Waals surface area contributed by atoms with Crippen molar-refractivity contribution in [1.29, 1.82) is 0 Å². The lowest BCUT2D eigenvalue weighted by Gasteiger charge is -2.11. The average molecular weight is 397 g/mol. The lowest BCUT2D eigenvalue weighted by Crippen LogP contribution is -2.19.